The first-order chi connectivity index (χ1) is 7.70. The van der Waals surface area contributed by atoms with Gasteiger partial charge < -0.3 is 15.4 Å². The number of aromatic nitrogens is 2. The Hall–Kier alpha value is -1.69. The van der Waals surface area contributed by atoms with E-state index in [1.165, 1.54) is 0 Å². The zero-order valence-electron chi connectivity index (χ0n) is 9.18. The molecule has 0 radical (unpaired) electrons. The fourth-order valence-corrected chi connectivity index (χ4v) is 1.78. The molecule has 0 aliphatic carbocycles. The fourth-order valence-electron chi connectivity index (χ4n) is 1.78. The lowest BCUT2D eigenvalue weighted by Gasteiger charge is -2.25. The SMILES string of the molecule is CN(c1nccnc1C(=N)N)C1CCOC1. The number of amidine groups is 1. The van der Waals surface area contributed by atoms with E-state index in [0.29, 0.717) is 18.1 Å². The summed E-state index contributed by atoms with van der Waals surface area (Å²) >= 11 is 0. The summed E-state index contributed by atoms with van der Waals surface area (Å²) in [5, 5.41) is 7.46. The van der Waals surface area contributed by atoms with Crippen molar-refractivity contribution >= 4 is 11.7 Å². The summed E-state index contributed by atoms with van der Waals surface area (Å²) in [5.74, 6) is 0.583. The monoisotopic (exact) mass is 221 g/mol. The van der Waals surface area contributed by atoms with Crippen LogP contribution in [0.3, 0.4) is 0 Å². The van der Waals surface area contributed by atoms with Crippen LogP contribution in [0.4, 0.5) is 5.82 Å². The van der Waals surface area contributed by atoms with Gasteiger partial charge in [-0.2, -0.15) is 0 Å². The average molecular weight is 221 g/mol. The Balaban J connectivity index is 2.27. The molecule has 1 aromatic rings. The van der Waals surface area contributed by atoms with Crippen LogP contribution in [0.1, 0.15) is 12.1 Å². The van der Waals surface area contributed by atoms with Gasteiger partial charge in [-0.05, 0) is 6.42 Å². The van der Waals surface area contributed by atoms with Crippen molar-refractivity contribution in [2.75, 3.05) is 25.2 Å². The third-order valence-corrected chi connectivity index (χ3v) is 2.72. The zero-order chi connectivity index (χ0) is 11.5. The standard InChI is InChI=1S/C10H15N5O/c1-15(7-2-5-16-6-7)10-8(9(11)12)13-3-4-14-10/h3-4,7H,2,5-6H2,1H3,(H3,11,12). The lowest BCUT2D eigenvalue weighted by molar-refractivity contribution is 0.193. The second-order valence-electron chi connectivity index (χ2n) is 3.77. The normalized spacial score (nSPS) is 19.7. The van der Waals surface area contributed by atoms with Crippen LogP contribution in [-0.2, 0) is 4.74 Å². The molecule has 86 valence electrons. The molecule has 1 unspecified atom stereocenters. The summed E-state index contributed by atoms with van der Waals surface area (Å²) in [6.07, 6.45) is 4.11. The number of rotatable bonds is 3. The van der Waals surface area contributed by atoms with E-state index in [1.807, 2.05) is 11.9 Å². The molecule has 0 saturated carbocycles. The first kappa shape index (κ1) is 10.8. The van der Waals surface area contributed by atoms with E-state index in [9.17, 15) is 0 Å². The molecular formula is C10H15N5O. The van der Waals surface area contributed by atoms with Crippen LogP contribution < -0.4 is 10.6 Å². The summed E-state index contributed by atoms with van der Waals surface area (Å²) in [5.41, 5.74) is 5.90. The molecule has 16 heavy (non-hydrogen) atoms. The number of nitrogen functional groups attached to an aromatic ring is 1. The Bertz CT molecular complexity index is 389. The third kappa shape index (κ3) is 1.96. The molecule has 1 atom stereocenters. The molecule has 0 bridgehead atoms. The molecule has 1 aliphatic heterocycles. The maximum atomic E-state index is 7.46. The third-order valence-electron chi connectivity index (χ3n) is 2.72. The van der Waals surface area contributed by atoms with Crippen LogP contribution in [0.5, 0.6) is 0 Å². The van der Waals surface area contributed by atoms with Crippen molar-refractivity contribution in [3.05, 3.63) is 18.1 Å². The molecule has 1 aromatic heterocycles. The quantitative estimate of drug-likeness (QED) is 0.553. The van der Waals surface area contributed by atoms with Crippen molar-refractivity contribution in [3.63, 3.8) is 0 Å². The second kappa shape index (κ2) is 4.44. The van der Waals surface area contributed by atoms with Crippen LogP contribution >= 0.6 is 0 Å². The van der Waals surface area contributed by atoms with Gasteiger partial charge >= 0.3 is 0 Å². The predicted octanol–water partition coefficient (Wildman–Crippen LogP) is -0.0142. The van der Waals surface area contributed by atoms with Crippen molar-refractivity contribution in [3.8, 4) is 0 Å². The van der Waals surface area contributed by atoms with Gasteiger partial charge in [-0.25, -0.2) is 9.97 Å². The molecule has 2 heterocycles. The second-order valence-corrected chi connectivity index (χ2v) is 3.77. The molecule has 1 saturated heterocycles. The molecular weight excluding hydrogens is 206 g/mol. The van der Waals surface area contributed by atoms with Crippen LogP contribution in [0.2, 0.25) is 0 Å². The van der Waals surface area contributed by atoms with Gasteiger partial charge in [-0.3, -0.25) is 5.41 Å². The lowest BCUT2D eigenvalue weighted by Crippen LogP contribution is -2.34. The molecule has 0 spiro atoms. The highest BCUT2D eigenvalue weighted by molar-refractivity contribution is 5.97. The Kier molecular flexibility index (Phi) is 3.00. The van der Waals surface area contributed by atoms with Gasteiger partial charge in [0.15, 0.2) is 5.82 Å². The van der Waals surface area contributed by atoms with Crippen LogP contribution in [0, 0.1) is 5.41 Å². The summed E-state index contributed by atoms with van der Waals surface area (Å²) in [6.45, 7) is 1.45. The molecule has 1 fully saturated rings. The van der Waals surface area contributed by atoms with E-state index >= 15 is 0 Å². The van der Waals surface area contributed by atoms with Crippen LogP contribution in [-0.4, -0.2) is 42.1 Å². The molecule has 1 aliphatic rings. The van der Waals surface area contributed by atoms with Gasteiger partial charge in [-0.1, -0.05) is 0 Å². The molecule has 6 nitrogen and oxygen atoms in total. The molecule has 0 aromatic carbocycles. The number of ether oxygens (including phenoxy) is 1. The Morgan fingerprint density at radius 1 is 1.56 bits per heavy atom. The lowest BCUT2D eigenvalue weighted by atomic mass is 10.2. The van der Waals surface area contributed by atoms with E-state index in [2.05, 4.69) is 9.97 Å². The number of hydrogen-bond donors (Lipinski definition) is 2. The topological polar surface area (TPSA) is 88.1 Å². The van der Waals surface area contributed by atoms with E-state index in [0.717, 1.165) is 13.0 Å². The van der Waals surface area contributed by atoms with Gasteiger partial charge in [0.25, 0.3) is 0 Å². The minimum atomic E-state index is -0.0612. The minimum Gasteiger partial charge on any atom is -0.382 e. The highest BCUT2D eigenvalue weighted by atomic mass is 16.5. The number of nitrogens with two attached hydrogens (primary N) is 1. The van der Waals surface area contributed by atoms with E-state index in [1.54, 1.807) is 12.4 Å². The van der Waals surface area contributed by atoms with Crippen LogP contribution in [0.25, 0.3) is 0 Å². The van der Waals surface area contributed by atoms with Crippen LogP contribution in [0.15, 0.2) is 12.4 Å². The number of likely N-dealkylation sites (N-methyl/N-ethyl adjacent to an activating group) is 1. The van der Waals surface area contributed by atoms with Crippen molar-refractivity contribution in [2.45, 2.75) is 12.5 Å². The van der Waals surface area contributed by atoms with E-state index < -0.39 is 0 Å². The molecule has 2 rings (SSSR count). The summed E-state index contributed by atoms with van der Waals surface area (Å²) in [4.78, 5) is 10.3. The summed E-state index contributed by atoms with van der Waals surface area (Å²) in [7, 11) is 1.93. The number of nitrogens with zero attached hydrogens (tertiary/aromatic N) is 3. The zero-order valence-corrected chi connectivity index (χ0v) is 9.18. The smallest absolute Gasteiger partial charge is 0.158 e. The van der Waals surface area contributed by atoms with Crippen molar-refractivity contribution < 1.29 is 4.74 Å². The minimum absolute atomic E-state index is 0.0612. The van der Waals surface area contributed by atoms with Crippen molar-refractivity contribution in [1.29, 1.82) is 5.41 Å². The maximum absolute atomic E-state index is 7.46. The number of nitrogens with one attached hydrogen (secondary N) is 1. The predicted molar refractivity (Wildman–Crippen MR) is 60.7 cm³/mol. The van der Waals surface area contributed by atoms with Gasteiger partial charge in [0, 0.05) is 26.0 Å². The van der Waals surface area contributed by atoms with E-state index in [-0.39, 0.29) is 11.9 Å². The van der Waals surface area contributed by atoms with Gasteiger partial charge in [0.2, 0.25) is 0 Å². The summed E-state index contributed by atoms with van der Waals surface area (Å²) in [6, 6.07) is 0.287. The van der Waals surface area contributed by atoms with Crippen molar-refractivity contribution in [2.24, 2.45) is 5.73 Å². The molecule has 3 N–H and O–H groups in total. The highest BCUT2D eigenvalue weighted by Crippen LogP contribution is 2.19. The van der Waals surface area contributed by atoms with Gasteiger partial charge in [-0.15, -0.1) is 0 Å². The Morgan fingerprint density at radius 2 is 2.31 bits per heavy atom. The first-order valence-electron chi connectivity index (χ1n) is 5.16. The first-order valence-corrected chi connectivity index (χ1v) is 5.16. The van der Waals surface area contributed by atoms with Gasteiger partial charge in [0.05, 0.1) is 12.6 Å². The highest BCUT2D eigenvalue weighted by Gasteiger charge is 2.24. The fraction of sp³-hybridized carbons (Fsp3) is 0.500. The summed E-state index contributed by atoms with van der Waals surface area (Å²) < 4.78 is 5.33. The average Bonchev–Trinajstić information content (AvgIpc) is 2.81. The molecule has 6 heteroatoms. The molecule has 0 amide bonds. The number of hydrogen-bond acceptors (Lipinski definition) is 5. The van der Waals surface area contributed by atoms with Gasteiger partial charge in [0.1, 0.15) is 11.5 Å². The van der Waals surface area contributed by atoms with E-state index in [4.69, 9.17) is 15.9 Å². The Morgan fingerprint density at radius 3 is 2.94 bits per heavy atom. The largest absolute Gasteiger partial charge is 0.382 e. The maximum Gasteiger partial charge on any atom is 0.158 e. The Labute approximate surface area is 94.0 Å². The number of anilines is 1. The van der Waals surface area contributed by atoms with Crippen molar-refractivity contribution in [1.82, 2.24) is 9.97 Å².